The van der Waals surface area contributed by atoms with Gasteiger partial charge in [-0.2, -0.15) is 15.0 Å². The van der Waals surface area contributed by atoms with Crippen molar-refractivity contribution in [3.63, 3.8) is 0 Å². The van der Waals surface area contributed by atoms with Crippen molar-refractivity contribution in [1.29, 1.82) is 0 Å². The number of hydrogen-bond donors (Lipinski definition) is 0. The van der Waals surface area contributed by atoms with Crippen molar-refractivity contribution in [2.24, 2.45) is 0 Å². The first-order valence-corrected chi connectivity index (χ1v) is 3.78. The number of nitrogens with zero attached hydrogens (tertiary/aromatic N) is 3. The van der Waals surface area contributed by atoms with Crippen molar-refractivity contribution in [2.75, 3.05) is 0 Å². The molecule has 3 nitrogen and oxygen atoms in total. The topological polar surface area (TPSA) is 30.7 Å². The zero-order valence-electron chi connectivity index (χ0n) is 6.11. The molecule has 1 aromatic heterocycles. The molecular weight excluding hydrogens is 174 g/mol. The van der Waals surface area contributed by atoms with Gasteiger partial charge in [-0.3, -0.25) is 0 Å². The summed E-state index contributed by atoms with van der Waals surface area (Å²) in [4.78, 5) is 1.46. The summed E-state index contributed by atoms with van der Waals surface area (Å²) in [6, 6.07) is 8.21. The molecule has 59 valence electrons. The molecule has 0 aliphatic heterocycles. The summed E-state index contributed by atoms with van der Waals surface area (Å²) < 4.78 is 0. The molecule has 2 rings (SSSR count). The Kier molecular flexibility index (Phi) is 1.80. The molecule has 0 saturated carbocycles. The van der Waals surface area contributed by atoms with Gasteiger partial charge in [-0.05, 0) is 12.1 Å². The van der Waals surface area contributed by atoms with Crippen LogP contribution in [0.25, 0.3) is 5.69 Å². The van der Waals surface area contributed by atoms with E-state index in [1.54, 1.807) is 30.6 Å². The zero-order chi connectivity index (χ0) is 8.39. The van der Waals surface area contributed by atoms with E-state index in [1.807, 2.05) is 0 Å². The summed E-state index contributed by atoms with van der Waals surface area (Å²) in [5.41, 5.74) is 0.743. The van der Waals surface area contributed by atoms with Crippen LogP contribution in [-0.4, -0.2) is 15.0 Å². The molecule has 2 aromatic rings. The van der Waals surface area contributed by atoms with Crippen molar-refractivity contribution in [1.82, 2.24) is 15.0 Å². The molecule has 0 fully saturated rings. The molecule has 12 heavy (non-hydrogen) atoms. The quantitative estimate of drug-likeness (QED) is 0.666. The number of rotatable bonds is 1. The minimum Gasteiger partial charge on any atom is -0.157 e. The Bertz CT molecular complexity index is 370. The van der Waals surface area contributed by atoms with Crippen LogP contribution in [0.1, 0.15) is 0 Å². The summed E-state index contributed by atoms with van der Waals surface area (Å²) >= 11 is 5.77. The zero-order valence-corrected chi connectivity index (χ0v) is 6.86. The summed E-state index contributed by atoms with van der Waals surface area (Å²) in [5, 5.41) is 8.54. The summed E-state index contributed by atoms with van der Waals surface area (Å²) in [6.07, 6.45) is 3.21. The van der Waals surface area contributed by atoms with Crippen LogP contribution in [0.5, 0.6) is 0 Å². The van der Waals surface area contributed by atoms with Crippen LogP contribution in [0.4, 0.5) is 0 Å². The first-order chi connectivity index (χ1) is 5.86. The van der Waals surface area contributed by atoms with Crippen LogP contribution in [0, 0.1) is 6.07 Å². The van der Waals surface area contributed by atoms with Gasteiger partial charge in [0.2, 0.25) is 0 Å². The summed E-state index contributed by atoms with van der Waals surface area (Å²) in [7, 11) is 0. The standard InChI is InChI=1S/C8H5ClN3/c9-7-2-1-3-8(6-7)12-10-4-5-11-12/h1-2,4-6H. The van der Waals surface area contributed by atoms with Crippen LogP contribution < -0.4 is 0 Å². The minimum absolute atomic E-state index is 0.654. The molecule has 0 amide bonds. The van der Waals surface area contributed by atoms with Crippen LogP contribution in [0.3, 0.4) is 0 Å². The first-order valence-electron chi connectivity index (χ1n) is 3.40. The van der Waals surface area contributed by atoms with E-state index in [0.29, 0.717) is 5.02 Å². The highest BCUT2D eigenvalue weighted by atomic mass is 35.5. The van der Waals surface area contributed by atoms with Gasteiger partial charge in [-0.1, -0.05) is 17.7 Å². The lowest BCUT2D eigenvalue weighted by Crippen LogP contribution is -1.97. The fraction of sp³-hybridized carbons (Fsp3) is 0. The van der Waals surface area contributed by atoms with Crippen molar-refractivity contribution in [3.05, 3.63) is 41.7 Å². The van der Waals surface area contributed by atoms with E-state index in [4.69, 9.17) is 11.6 Å². The molecule has 0 saturated heterocycles. The second-order valence-electron chi connectivity index (χ2n) is 2.21. The van der Waals surface area contributed by atoms with Gasteiger partial charge >= 0.3 is 0 Å². The lowest BCUT2D eigenvalue weighted by Gasteiger charge is -1.97. The van der Waals surface area contributed by atoms with E-state index >= 15 is 0 Å². The molecule has 0 N–H and O–H groups in total. The van der Waals surface area contributed by atoms with Crippen molar-refractivity contribution in [2.45, 2.75) is 0 Å². The van der Waals surface area contributed by atoms with E-state index in [0.717, 1.165) is 5.69 Å². The summed E-state index contributed by atoms with van der Waals surface area (Å²) in [6.45, 7) is 0. The maximum Gasteiger partial charge on any atom is 0.0950 e. The smallest absolute Gasteiger partial charge is 0.0950 e. The average molecular weight is 179 g/mol. The number of hydrogen-bond acceptors (Lipinski definition) is 2. The molecule has 0 atom stereocenters. The first kappa shape index (κ1) is 7.31. The van der Waals surface area contributed by atoms with Crippen LogP contribution >= 0.6 is 11.6 Å². The molecule has 1 aromatic carbocycles. The Balaban J connectivity index is 2.48. The molecular formula is C8H5ClN3. The van der Waals surface area contributed by atoms with Gasteiger partial charge < -0.3 is 0 Å². The second kappa shape index (κ2) is 2.95. The average Bonchev–Trinajstić information content (AvgIpc) is 2.56. The summed E-state index contributed by atoms with van der Waals surface area (Å²) in [5.74, 6) is 0. The molecule has 0 unspecified atom stereocenters. The highest BCUT2D eigenvalue weighted by Gasteiger charge is 1.96. The van der Waals surface area contributed by atoms with E-state index < -0.39 is 0 Å². The Morgan fingerprint density at radius 3 is 2.75 bits per heavy atom. The van der Waals surface area contributed by atoms with Crippen molar-refractivity contribution in [3.8, 4) is 5.69 Å². The fourth-order valence-corrected chi connectivity index (χ4v) is 1.05. The molecule has 0 aliphatic rings. The Morgan fingerprint density at radius 1 is 1.33 bits per heavy atom. The van der Waals surface area contributed by atoms with Crippen LogP contribution in [-0.2, 0) is 0 Å². The second-order valence-corrected chi connectivity index (χ2v) is 2.65. The largest absolute Gasteiger partial charge is 0.157 e. The molecule has 0 bridgehead atoms. The Hall–Kier alpha value is -1.35. The fourth-order valence-electron chi connectivity index (χ4n) is 0.883. The molecule has 1 radical (unpaired) electrons. The van der Waals surface area contributed by atoms with Crippen molar-refractivity contribution < 1.29 is 0 Å². The number of halogens is 1. The highest BCUT2D eigenvalue weighted by Crippen LogP contribution is 2.11. The molecule has 0 aliphatic carbocycles. The third-order valence-electron chi connectivity index (χ3n) is 1.38. The Morgan fingerprint density at radius 2 is 2.08 bits per heavy atom. The Labute approximate surface area is 74.6 Å². The van der Waals surface area contributed by atoms with E-state index in [2.05, 4.69) is 16.3 Å². The van der Waals surface area contributed by atoms with E-state index in [9.17, 15) is 0 Å². The van der Waals surface area contributed by atoms with Crippen LogP contribution in [0.2, 0.25) is 5.02 Å². The number of benzene rings is 1. The highest BCUT2D eigenvalue weighted by molar-refractivity contribution is 6.30. The molecule has 0 spiro atoms. The monoisotopic (exact) mass is 178 g/mol. The minimum atomic E-state index is 0.654. The van der Waals surface area contributed by atoms with Gasteiger partial charge in [0.05, 0.1) is 18.1 Å². The van der Waals surface area contributed by atoms with E-state index in [-0.39, 0.29) is 0 Å². The normalized spacial score (nSPS) is 10.1. The van der Waals surface area contributed by atoms with Gasteiger partial charge in [-0.25, -0.2) is 0 Å². The lowest BCUT2D eigenvalue weighted by molar-refractivity contribution is 0.751. The van der Waals surface area contributed by atoms with E-state index in [1.165, 1.54) is 4.80 Å². The van der Waals surface area contributed by atoms with Gasteiger partial charge in [0, 0.05) is 11.1 Å². The number of aromatic nitrogens is 3. The van der Waals surface area contributed by atoms with Gasteiger partial charge in [0.25, 0.3) is 0 Å². The van der Waals surface area contributed by atoms with Gasteiger partial charge in [0.15, 0.2) is 0 Å². The third-order valence-corrected chi connectivity index (χ3v) is 1.62. The van der Waals surface area contributed by atoms with Crippen LogP contribution in [0.15, 0.2) is 30.6 Å². The van der Waals surface area contributed by atoms with Crippen molar-refractivity contribution >= 4 is 11.6 Å². The maximum absolute atomic E-state index is 5.77. The SMILES string of the molecule is Clc1cc[c]c(-n2nccn2)c1. The lowest BCUT2D eigenvalue weighted by atomic mass is 10.3. The maximum atomic E-state index is 5.77. The molecule has 1 heterocycles. The molecule has 4 heteroatoms. The third kappa shape index (κ3) is 1.31. The predicted octanol–water partition coefficient (Wildman–Crippen LogP) is 1.72. The van der Waals surface area contributed by atoms with Gasteiger partial charge in [-0.15, -0.1) is 0 Å². The van der Waals surface area contributed by atoms with Gasteiger partial charge in [0.1, 0.15) is 0 Å². The predicted molar refractivity (Wildman–Crippen MR) is 45.2 cm³/mol.